The van der Waals surface area contributed by atoms with Gasteiger partial charge in [0.15, 0.2) is 0 Å². The summed E-state index contributed by atoms with van der Waals surface area (Å²) in [6, 6.07) is 8.98. The van der Waals surface area contributed by atoms with Crippen molar-refractivity contribution < 1.29 is 9.53 Å². The van der Waals surface area contributed by atoms with Crippen molar-refractivity contribution >= 4 is 5.91 Å². The van der Waals surface area contributed by atoms with Gasteiger partial charge in [0.25, 0.3) is 5.91 Å². The Morgan fingerprint density at radius 2 is 1.72 bits per heavy atom. The van der Waals surface area contributed by atoms with Gasteiger partial charge in [-0.1, -0.05) is 45.7 Å². The molecule has 1 fully saturated rings. The van der Waals surface area contributed by atoms with Gasteiger partial charge < -0.3 is 10.1 Å². The summed E-state index contributed by atoms with van der Waals surface area (Å²) in [6.45, 7) is 17.3. The second kappa shape index (κ2) is 12.3. The second-order valence-electron chi connectivity index (χ2n) is 8.36. The summed E-state index contributed by atoms with van der Waals surface area (Å²) >= 11 is 0. The number of amides is 1. The highest BCUT2D eigenvalue weighted by Gasteiger charge is 2.27. The van der Waals surface area contributed by atoms with E-state index in [2.05, 4.69) is 61.9 Å². The van der Waals surface area contributed by atoms with Gasteiger partial charge in [-0.3, -0.25) is 14.6 Å². The molecular formula is C24H41N3O2. The average molecular weight is 404 g/mol. The summed E-state index contributed by atoms with van der Waals surface area (Å²) in [6.07, 6.45) is 2.26. The number of hydrogen-bond acceptors (Lipinski definition) is 4. The lowest BCUT2D eigenvalue weighted by molar-refractivity contribution is 0.00191. The number of nitrogens with zero attached hydrogens (tertiary/aromatic N) is 2. The van der Waals surface area contributed by atoms with Gasteiger partial charge in [0.2, 0.25) is 0 Å². The molecule has 0 spiro atoms. The molecule has 1 heterocycles. The van der Waals surface area contributed by atoms with Crippen LogP contribution in [0.4, 0.5) is 0 Å². The lowest BCUT2D eigenvalue weighted by Crippen LogP contribution is -2.52. The quantitative estimate of drug-likeness (QED) is 0.611. The van der Waals surface area contributed by atoms with Crippen LogP contribution in [0, 0.1) is 5.92 Å². The molecule has 0 aliphatic carbocycles. The van der Waals surface area contributed by atoms with E-state index >= 15 is 0 Å². The zero-order chi connectivity index (χ0) is 21.2. The maximum absolute atomic E-state index is 12.8. The molecule has 0 bridgehead atoms. The van der Waals surface area contributed by atoms with E-state index in [-0.39, 0.29) is 5.91 Å². The molecule has 1 atom stereocenters. The van der Waals surface area contributed by atoms with E-state index in [1.165, 1.54) is 5.56 Å². The molecule has 1 aliphatic rings. The van der Waals surface area contributed by atoms with E-state index in [4.69, 9.17) is 4.74 Å². The molecule has 5 nitrogen and oxygen atoms in total. The Morgan fingerprint density at radius 1 is 1.10 bits per heavy atom. The Labute approximate surface area is 177 Å². The fourth-order valence-electron chi connectivity index (χ4n) is 4.29. The smallest absolute Gasteiger partial charge is 0.251 e. The highest BCUT2D eigenvalue weighted by Crippen LogP contribution is 2.20. The van der Waals surface area contributed by atoms with Gasteiger partial charge in [-0.05, 0) is 44.0 Å². The molecule has 2 rings (SSSR count). The van der Waals surface area contributed by atoms with Crippen molar-refractivity contribution in [2.45, 2.75) is 66.1 Å². The van der Waals surface area contributed by atoms with Gasteiger partial charge >= 0.3 is 0 Å². The lowest BCUT2D eigenvalue weighted by atomic mass is 9.92. The molecule has 1 aromatic rings. The number of rotatable bonds is 11. The van der Waals surface area contributed by atoms with Crippen LogP contribution in [0.25, 0.3) is 0 Å². The van der Waals surface area contributed by atoms with Crippen LogP contribution in [0.5, 0.6) is 0 Å². The predicted molar refractivity (Wildman–Crippen MR) is 120 cm³/mol. The van der Waals surface area contributed by atoms with Crippen molar-refractivity contribution in [1.29, 1.82) is 0 Å². The zero-order valence-corrected chi connectivity index (χ0v) is 19.1. The van der Waals surface area contributed by atoms with E-state index in [9.17, 15) is 4.79 Å². The molecule has 0 aromatic heterocycles. The van der Waals surface area contributed by atoms with Gasteiger partial charge in [0, 0.05) is 43.8 Å². The summed E-state index contributed by atoms with van der Waals surface area (Å²) in [7, 11) is 0. The van der Waals surface area contributed by atoms with E-state index < -0.39 is 0 Å². The number of carbonyl (C=O) groups excluding carboxylic acids is 1. The Bertz CT molecular complexity index is 593. The predicted octanol–water partition coefficient (Wildman–Crippen LogP) is 3.78. The van der Waals surface area contributed by atoms with Crippen LogP contribution in [0.3, 0.4) is 0 Å². The molecule has 1 unspecified atom stereocenters. The molecule has 1 amide bonds. The molecule has 1 N–H and O–H groups in total. The van der Waals surface area contributed by atoms with Crippen LogP contribution in [0.15, 0.2) is 24.3 Å². The monoisotopic (exact) mass is 403 g/mol. The normalized spacial score (nSPS) is 16.6. The Balaban J connectivity index is 1.96. The molecule has 5 heteroatoms. The van der Waals surface area contributed by atoms with E-state index in [1.807, 2.05) is 12.1 Å². The first-order chi connectivity index (χ1) is 14.0. The van der Waals surface area contributed by atoms with Crippen molar-refractivity contribution in [3.63, 3.8) is 0 Å². The van der Waals surface area contributed by atoms with Crippen molar-refractivity contribution in [3.05, 3.63) is 35.4 Å². The first-order valence-electron chi connectivity index (χ1n) is 11.4. The van der Waals surface area contributed by atoms with Crippen molar-refractivity contribution in [2.75, 3.05) is 39.4 Å². The number of nitrogens with one attached hydrogen (secondary N) is 1. The van der Waals surface area contributed by atoms with Crippen LogP contribution in [-0.4, -0.2) is 67.2 Å². The minimum atomic E-state index is 0.0250. The van der Waals surface area contributed by atoms with E-state index in [1.54, 1.807) is 0 Å². The third-order valence-electron chi connectivity index (χ3n) is 6.32. The fraction of sp³-hybridized carbons (Fsp3) is 0.708. The first-order valence-corrected chi connectivity index (χ1v) is 11.4. The lowest BCUT2D eigenvalue weighted by Gasteiger charge is -2.38. The maximum Gasteiger partial charge on any atom is 0.251 e. The molecule has 0 saturated carbocycles. The molecule has 1 saturated heterocycles. The summed E-state index contributed by atoms with van der Waals surface area (Å²) in [5.41, 5.74) is 1.99. The first kappa shape index (κ1) is 23.8. The number of benzene rings is 1. The minimum Gasteiger partial charge on any atom is -0.379 e. The summed E-state index contributed by atoms with van der Waals surface area (Å²) in [5.74, 6) is 0.615. The van der Waals surface area contributed by atoms with Gasteiger partial charge in [-0.25, -0.2) is 0 Å². The topological polar surface area (TPSA) is 44.8 Å². The van der Waals surface area contributed by atoms with Crippen LogP contribution in [0.1, 0.15) is 63.4 Å². The SMILES string of the molecule is CCC(CC)C(CNC(=O)c1ccc(CN(CC)C(C)C)cc1)N1CCOCC1. The van der Waals surface area contributed by atoms with Crippen molar-refractivity contribution in [3.8, 4) is 0 Å². The maximum atomic E-state index is 12.8. The Hall–Kier alpha value is -1.43. The largest absolute Gasteiger partial charge is 0.379 e. The molecule has 1 aliphatic heterocycles. The number of carbonyl (C=O) groups is 1. The fourth-order valence-corrected chi connectivity index (χ4v) is 4.29. The Kier molecular flexibility index (Phi) is 10.1. The third-order valence-corrected chi connectivity index (χ3v) is 6.32. The van der Waals surface area contributed by atoms with Crippen LogP contribution in [0.2, 0.25) is 0 Å². The van der Waals surface area contributed by atoms with Crippen LogP contribution in [-0.2, 0) is 11.3 Å². The highest BCUT2D eigenvalue weighted by atomic mass is 16.5. The summed E-state index contributed by atoms with van der Waals surface area (Å²) < 4.78 is 5.52. The molecule has 0 radical (unpaired) electrons. The van der Waals surface area contributed by atoms with Crippen LogP contribution < -0.4 is 5.32 Å². The van der Waals surface area contributed by atoms with Gasteiger partial charge in [-0.2, -0.15) is 0 Å². The molecule has 29 heavy (non-hydrogen) atoms. The molecule has 164 valence electrons. The minimum absolute atomic E-state index is 0.0250. The molecule has 1 aromatic carbocycles. The highest BCUT2D eigenvalue weighted by molar-refractivity contribution is 5.94. The van der Waals surface area contributed by atoms with Crippen molar-refractivity contribution in [1.82, 2.24) is 15.1 Å². The number of morpholine rings is 1. The van der Waals surface area contributed by atoms with Crippen LogP contribution >= 0.6 is 0 Å². The summed E-state index contributed by atoms with van der Waals surface area (Å²) in [4.78, 5) is 17.7. The van der Waals surface area contributed by atoms with E-state index in [0.717, 1.165) is 57.8 Å². The molecular weight excluding hydrogens is 362 g/mol. The average Bonchev–Trinajstić information content (AvgIpc) is 2.75. The Morgan fingerprint density at radius 3 is 2.24 bits per heavy atom. The van der Waals surface area contributed by atoms with Crippen molar-refractivity contribution in [2.24, 2.45) is 5.92 Å². The number of ether oxygens (including phenoxy) is 1. The zero-order valence-electron chi connectivity index (χ0n) is 19.1. The standard InChI is InChI=1S/C24H41N3O2/c1-6-21(7-2)23(27-13-15-29-16-14-27)17-25-24(28)22-11-9-20(10-12-22)18-26(8-3)19(4)5/h9-12,19,21,23H,6-8,13-18H2,1-5H3,(H,25,28). The summed E-state index contributed by atoms with van der Waals surface area (Å²) in [5, 5.41) is 3.20. The van der Waals surface area contributed by atoms with Gasteiger partial charge in [-0.15, -0.1) is 0 Å². The van der Waals surface area contributed by atoms with Gasteiger partial charge in [0.05, 0.1) is 13.2 Å². The van der Waals surface area contributed by atoms with Gasteiger partial charge in [0.1, 0.15) is 0 Å². The van der Waals surface area contributed by atoms with E-state index in [0.29, 0.717) is 24.5 Å². The number of hydrogen-bond donors (Lipinski definition) is 1. The third kappa shape index (κ3) is 7.09. The second-order valence-corrected chi connectivity index (χ2v) is 8.36.